The molecule has 2 fully saturated rings. The predicted molar refractivity (Wildman–Crippen MR) is 91.7 cm³/mol. The van der Waals surface area contributed by atoms with Gasteiger partial charge in [0.15, 0.2) is 6.29 Å². The zero-order valence-corrected chi connectivity index (χ0v) is 15.3. The van der Waals surface area contributed by atoms with Crippen LogP contribution in [0.25, 0.3) is 0 Å². The van der Waals surface area contributed by atoms with Crippen molar-refractivity contribution in [1.29, 1.82) is 0 Å². The minimum Gasteiger partial charge on any atom is -0.355 e. The van der Waals surface area contributed by atoms with Crippen molar-refractivity contribution in [3.05, 3.63) is 29.3 Å². The average Bonchev–Trinajstić information content (AvgIpc) is 3.01. The molecule has 138 valence electrons. The Morgan fingerprint density at radius 2 is 1.84 bits per heavy atom. The maximum atomic E-state index is 13.2. The van der Waals surface area contributed by atoms with Gasteiger partial charge in [-0.3, -0.25) is 4.79 Å². The van der Waals surface area contributed by atoms with Crippen LogP contribution in [0.15, 0.2) is 29.2 Å². The normalized spacial score (nSPS) is 22.8. The lowest BCUT2D eigenvalue weighted by Crippen LogP contribution is -2.51. The molecule has 2 aliphatic rings. The maximum Gasteiger partial charge on any atom is 0.243 e. The van der Waals surface area contributed by atoms with Gasteiger partial charge in [-0.15, -0.1) is 0 Å². The highest BCUT2D eigenvalue weighted by Gasteiger charge is 2.38. The van der Waals surface area contributed by atoms with Gasteiger partial charge in [-0.1, -0.05) is 11.6 Å². The Bertz CT molecular complexity index is 704. The first-order valence-corrected chi connectivity index (χ1v) is 10.1. The Kier molecular flexibility index (Phi) is 5.96. The van der Waals surface area contributed by atoms with Crippen molar-refractivity contribution >= 4 is 27.5 Å². The lowest BCUT2D eigenvalue weighted by atomic mass is 10.1. The van der Waals surface area contributed by atoms with E-state index in [1.165, 1.54) is 28.6 Å². The molecule has 0 bridgehead atoms. The lowest BCUT2D eigenvalue weighted by molar-refractivity contribution is -0.126. The van der Waals surface area contributed by atoms with Crippen molar-refractivity contribution in [3.63, 3.8) is 0 Å². The van der Waals surface area contributed by atoms with Crippen LogP contribution in [0.2, 0.25) is 5.02 Å². The van der Waals surface area contributed by atoms with Crippen LogP contribution in [0.5, 0.6) is 0 Å². The quantitative estimate of drug-likeness (QED) is 0.823. The number of nitrogens with one attached hydrogen (secondary N) is 1. The summed E-state index contributed by atoms with van der Waals surface area (Å²) in [5.74, 6) is -0.284. The summed E-state index contributed by atoms with van der Waals surface area (Å²) in [6.07, 6.45) is 1.39. The fraction of sp³-hybridized carbons (Fsp3) is 0.562. The van der Waals surface area contributed by atoms with E-state index in [-0.39, 0.29) is 17.3 Å². The largest absolute Gasteiger partial charge is 0.355 e. The van der Waals surface area contributed by atoms with Crippen molar-refractivity contribution in [2.24, 2.45) is 0 Å². The van der Waals surface area contributed by atoms with E-state index in [0.29, 0.717) is 31.2 Å². The zero-order valence-electron chi connectivity index (χ0n) is 13.7. The summed E-state index contributed by atoms with van der Waals surface area (Å²) in [4.78, 5) is 12.5. The number of carbonyl (C=O) groups excluding carboxylic acids is 1. The molecule has 1 aromatic carbocycles. The molecule has 0 saturated carbocycles. The van der Waals surface area contributed by atoms with Gasteiger partial charge < -0.3 is 14.8 Å². The van der Waals surface area contributed by atoms with Crippen LogP contribution < -0.4 is 5.32 Å². The minimum atomic E-state index is -3.90. The van der Waals surface area contributed by atoms with E-state index in [0.717, 1.165) is 12.8 Å². The van der Waals surface area contributed by atoms with E-state index in [9.17, 15) is 13.2 Å². The summed E-state index contributed by atoms with van der Waals surface area (Å²) in [6.45, 7) is 1.36. The second-order valence-corrected chi connectivity index (χ2v) is 8.33. The molecule has 1 N–H and O–H groups in total. The molecule has 1 amide bonds. The second kappa shape index (κ2) is 8.01. The highest BCUT2D eigenvalue weighted by molar-refractivity contribution is 7.89. The number of hydrogen-bond donors (Lipinski definition) is 1. The van der Waals surface area contributed by atoms with Crippen LogP contribution in [0.3, 0.4) is 0 Å². The molecule has 1 atom stereocenters. The summed E-state index contributed by atoms with van der Waals surface area (Å²) in [7, 11) is -3.90. The van der Waals surface area contributed by atoms with Crippen molar-refractivity contribution in [2.45, 2.75) is 36.5 Å². The zero-order chi connectivity index (χ0) is 17.9. The Hall–Kier alpha value is -1.19. The molecule has 7 nitrogen and oxygen atoms in total. The Morgan fingerprint density at radius 3 is 2.52 bits per heavy atom. The van der Waals surface area contributed by atoms with Crippen molar-refractivity contribution in [3.8, 4) is 0 Å². The first kappa shape index (κ1) is 18.6. The van der Waals surface area contributed by atoms with E-state index in [1.807, 2.05) is 0 Å². The van der Waals surface area contributed by atoms with E-state index in [1.54, 1.807) is 0 Å². The molecule has 0 spiro atoms. The fourth-order valence-corrected chi connectivity index (χ4v) is 4.72. The maximum absolute atomic E-state index is 13.2. The molecule has 2 saturated heterocycles. The van der Waals surface area contributed by atoms with E-state index >= 15 is 0 Å². The van der Waals surface area contributed by atoms with Gasteiger partial charge in [0, 0.05) is 11.6 Å². The smallest absolute Gasteiger partial charge is 0.243 e. The van der Waals surface area contributed by atoms with Crippen LogP contribution in [0, 0.1) is 0 Å². The molecule has 25 heavy (non-hydrogen) atoms. The van der Waals surface area contributed by atoms with Crippen LogP contribution in [-0.2, 0) is 24.3 Å². The monoisotopic (exact) mass is 388 g/mol. The summed E-state index contributed by atoms with van der Waals surface area (Å²) in [5.41, 5.74) is 0. The van der Waals surface area contributed by atoms with E-state index in [4.69, 9.17) is 21.1 Å². The van der Waals surface area contributed by atoms with Gasteiger partial charge in [-0.2, -0.15) is 4.31 Å². The summed E-state index contributed by atoms with van der Waals surface area (Å²) >= 11 is 5.86. The van der Waals surface area contributed by atoms with Crippen LogP contribution in [0.4, 0.5) is 0 Å². The van der Waals surface area contributed by atoms with Gasteiger partial charge in [0.2, 0.25) is 15.9 Å². The standard InChI is InChI=1S/C16H21ClN2O5S/c17-12-4-6-13(7-5-12)25(21,22)19(11-15-23-9-10-24-15)14-3-1-2-8-18-16(14)20/h4-7,14-15H,1-3,8-11H2,(H,18,20). The summed E-state index contributed by atoms with van der Waals surface area (Å²) in [5, 5.41) is 3.23. The lowest BCUT2D eigenvalue weighted by Gasteiger charge is -2.30. The third-order valence-corrected chi connectivity index (χ3v) is 6.43. The number of amides is 1. The summed E-state index contributed by atoms with van der Waals surface area (Å²) < 4.78 is 38.4. The van der Waals surface area contributed by atoms with Gasteiger partial charge >= 0.3 is 0 Å². The molecular formula is C16H21ClN2O5S. The van der Waals surface area contributed by atoms with Gasteiger partial charge in [-0.05, 0) is 43.5 Å². The van der Waals surface area contributed by atoms with Gasteiger partial charge in [0.05, 0.1) is 24.7 Å². The highest BCUT2D eigenvalue weighted by Crippen LogP contribution is 2.25. The third kappa shape index (κ3) is 4.32. The van der Waals surface area contributed by atoms with Crippen LogP contribution >= 0.6 is 11.6 Å². The Morgan fingerprint density at radius 1 is 1.16 bits per heavy atom. The fourth-order valence-electron chi connectivity index (χ4n) is 2.99. The molecule has 0 aromatic heterocycles. The average molecular weight is 389 g/mol. The predicted octanol–water partition coefficient (Wildman–Crippen LogP) is 1.37. The molecule has 9 heteroatoms. The molecular weight excluding hydrogens is 368 g/mol. The van der Waals surface area contributed by atoms with Crippen molar-refractivity contribution < 1.29 is 22.7 Å². The number of halogens is 1. The molecule has 2 heterocycles. The molecule has 3 rings (SSSR count). The number of hydrogen-bond acceptors (Lipinski definition) is 5. The van der Waals surface area contributed by atoms with Gasteiger partial charge in [-0.25, -0.2) is 8.42 Å². The molecule has 0 radical (unpaired) electrons. The van der Waals surface area contributed by atoms with Crippen LogP contribution in [0.1, 0.15) is 19.3 Å². The molecule has 1 unspecified atom stereocenters. The topological polar surface area (TPSA) is 84.9 Å². The summed E-state index contributed by atoms with van der Waals surface area (Å²) in [6, 6.07) is 5.13. The number of rotatable bonds is 5. The Balaban J connectivity index is 1.93. The minimum absolute atomic E-state index is 0.0248. The number of sulfonamides is 1. The molecule has 1 aromatic rings. The molecule has 2 aliphatic heterocycles. The highest BCUT2D eigenvalue weighted by atomic mass is 35.5. The second-order valence-electron chi connectivity index (χ2n) is 6.00. The number of ether oxygens (including phenoxy) is 2. The first-order chi connectivity index (χ1) is 12.0. The van der Waals surface area contributed by atoms with Crippen molar-refractivity contribution in [2.75, 3.05) is 26.3 Å². The van der Waals surface area contributed by atoms with Crippen LogP contribution in [-0.4, -0.2) is 57.3 Å². The third-order valence-electron chi connectivity index (χ3n) is 4.29. The van der Waals surface area contributed by atoms with Crippen molar-refractivity contribution in [1.82, 2.24) is 9.62 Å². The number of carbonyl (C=O) groups is 1. The van der Waals surface area contributed by atoms with E-state index in [2.05, 4.69) is 5.32 Å². The Labute approximate surface area is 152 Å². The van der Waals surface area contributed by atoms with Gasteiger partial charge in [0.1, 0.15) is 6.04 Å². The first-order valence-electron chi connectivity index (χ1n) is 8.27. The van der Waals surface area contributed by atoms with E-state index < -0.39 is 22.4 Å². The molecule has 0 aliphatic carbocycles. The number of nitrogens with zero attached hydrogens (tertiary/aromatic N) is 1. The SMILES string of the molecule is O=C1NCCCCC1N(CC1OCCO1)S(=O)(=O)c1ccc(Cl)cc1. The van der Waals surface area contributed by atoms with Gasteiger partial charge in [0.25, 0.3) is 0 Å². The number of benzene rings is 1.